The molecular weight excluding hydrogens is 364 g/mol. The predicted molar refractivity (Wildman–Crippen MR) is 96.7 cm³/mol. The van der Waals surface area contributed by atoms with Crippen LogP contribution in [-0.4, -0.2) is 51.2 Å². The van der Waals surface area contributed by atoms with E-state index >= 15 is 0 Å². The molecule has 2 N–H and O–H groups in total. The normalized spacial score (nSPS) is 22.0. The van der Waals surface area contributed by atoms with Gasteiger partial charge < -0.3 is 15.2 Å². The zero-order valence-corrected chi connectivity index (χ0v) is 16.0. The Hall–Kier alpha value is -0.860. The minimum atomic E-state index is -3.55. The molecule has 1 saturated heterocycles. The number of sulfonamides is 1. The summed E-state index contributed by atoms with van der Waals surface area (Å²) in [6, 6.07) is 3.20. The van der Waals surface area contributed by atoms with Crippen LogP contribution in [0, 0.1) is 0 Å². The fourth-order valence-electron chi connectivity index (χ4n) is 3.33. The first-order chi connectivity index (χ1) is 11.9. The number of fused-ring (bicyclic) bond motifs is 1. The Kier molecular flexibility index (Phi) is 5.90. The number of piperidine rings is 1. The highest BCUT2D eigenvalue weighted by atomic mass is 35.5. The van der Waals surface area contributed by atoms with Gasteiger partial charge >= 0.3 is 0 Å². The van der Waals surface area contributed by atoms with Gasteiger partial charge in [0.2, 0.25) is 10.0 Å². The average molecular weight is 389 g/mol. The Labute approximate surface area is 154 Å². The molecule has 0 aliphatic carbocycles. The van der Waals surface area contributed by atoms with Crippen molar-refractivity contribution in [1.82, 2.24) is 4.31 Å². The largest absolute Gasteiger partial charge is 0.489 e. The van der Waals surface area contributed by atoms with Crippen LogP contribution in [0.4, 0.5) is 0 Å². The van der Waals surface area contributed by atoms with E-state index in [2.05, 4.69) is 0 Å². The van der Waals surface area contributed by atoms with Gasteiger partial charge in [0.15, 0.2) is 0 Å². The molecule has 1 fully saturated rings. The van der Waals surface area contributed by atoms with Crippen molar-refractivity contribution in [2.24, 2.45) is 5.73 Å². The summed E-state index contributed by atoms with van der Waals surface area (Å²) >= 11 is 6.24. The van der Waals surface area contributed by atoms with Crippen LogP contribution in [0.5, 0.6) is 5.75 Å². The third-order valence-corrected chi connectivity index (χ3v) is 6.82. The molecule has 0 saturated carbocycles. The van der Waals surface area contributed by atoms with E-state index in [1.165, 1.54) is 10.4 Å². The molecule has 1 atom stereocenters. The van der Waals surface area contributed by atoms with Crippen molar-refractivity contribution in [3.63, 3.8) is 0 Å². The minimum absolute atomic E-state index is 0.0202. The number of nitrogens with two attached hydrogens (primary N) is 1. The van der Waals surface area contributed by atoms with Gasteiger partial charge in [0.25, 0.3) is 0 Å². The molecule has 2 aliphatic rings. The lowest BCUT2D eigenvalue weighted by molar-refractivity contribution is 0.0209. The number of halogens is 1. The SMILES string of the molecule is CC1Cc2cc(S(=O)(=O)N3CCC(OCCCN)CC3)cc(Cl)c2O1. The molecule has 0 radical (unpaired) electrons. The summed E-state index contributed by atoms with van der Waals surface area (Å²) in [5.41, 5.74) is 6.32. The highest BCUT2D eigenvalue weighted by Gasteiger charge is 2.32. The minimum Gasteiger partial charge on any atom is -0.489 e. The summed E-state index contributed by atoms with van der Waals surface area (Å²) in [6.07, 6.45) is 3.02. The Bertz CT molecular complexity index is 718. The molecule has 1 aromatic rings. The molecule has 3 rings (SSSR count). The van der Waals surface area contributed by atoms with Crippen molar-refractivity contribution in [2.75, 3.05) is 26.2 Å². The Morgan fingerprint density at radius 2 is 2.08 bits per heavy atom. The second-order valence-electron chi connectivity index (χ2n) is 6.64. The first-order valence-electron chi connectivity index (χ1n) is 8.72. The van der Waals surface area contributed by atoms with Crippen molar-refractivity contribution >= 4 is 21.6 Å². The lowest BCUT2D eigenvalue weighted by Gasteiger charge is -2.31. The Morgan fingerprint density at radius 3 is 2.76 bits per heavy atom. The van der Waals surface area contributed by atoms with Gasteiger partial charge in [-0.2, -0.15) is 4.31 Å². The van der Waals surface area contributed by atoms with E-state index in [0.29, 0.717) is 56.3 Å². The van der Waals surface area contributed by atoms with E-state index in [1.807, 2.05) is 6.92 Å². The van der Waals surface area contributed by atoms with E-state index < -0.39 is 10.0 Å². The topological polar surface area (TPSA) is 81.9 Å². The van der Waals surface area contributed by atoms with E-state index in [1.54, 1.807) is 6.07 Å². The fraction of sp³-hybridized carbons (Fsp3) is 0.647. The van der Waals surface area contributed by atoms with Gasteiger partial charge in [-0.15, -0.1) is 0 Å². The molecule has 1 unspecified atom stereocenters. The smallest absolute Gasteiger partial charge is 0.243 e. The summed E-state index contributed by atoms with van der Waals surface area (Å²) in [4.78, 5) is 0.247. The molecule has 0 spiro atoms. The summed E-state index contributed by atoms with van der Waals surface area (Å²) in [5, 5.41) is 0.362. The Morgan fingerprint density at radius 1 is 1.36 bits per heavy atom. The van der Waals surface area contributed by atoms with Crippen LogP contribution < -0.4 is 10.5 Å². The van der Waals surface area contributed by atoms with E-state index in [9.17, 15) is 8.42 Å². The van der Waals surface area contributed by atoms with E-state index in [0.717, 1.165) is 12.0 Å². The van der Waals surface area contributed by atoms with Crippen LogP contribution in [0.2, 0.25) is 5.02 Å². The average Bonchev–Trinajstić information content (AvgIpc) is 2.96. The highest BCUT2D eigenvalue weighted by Crippen LogP contribution is 2.38. The molecule has 140 valence electrons. The summed E-state index contributed by atoms with van der Waals surface area (Å²) in [5.74, 6) is 0.611. The highest BCUT2D eigenvalue weighted by molar-refractivity contribution is 7.89. The molecule has 25 heavy (non-hydrogen) atoms. The zero-order chi connectivity index (χ0) is 18.0. The second-order valence-corrected chi connectivity index (χ2v) is 8.99. The molecular formula is C17H25ClN2O4S. The number of ether oxygens (including phenoxy) is 2. The quantitative estimate of drug-likeness (QED) is 0.755. The van der Waals surface area contributed by atoms with Crippen LogP contribution in [0.25, 0.3) is 0 Å². The number of hydrogen-bond donors (Lipinski definition) is 1. The molecule has 8 heteroatoms. The van der Waals surface area contributed by atoms with E-state index in [-0.39, 0.29) is 17.1 Å². The monoisotopic (exact) mass is 388 g/mol. The van der Waals surface area contributed by atoms with Gasteiger partial charge in [-0.3, -0.25) is 0 Å². The third kappa shape index (κ3) is 4.11. The van der Waals surface area contributed by atoms with Crippen molar-refractivity contribution in [3.05, 3.63) is 22.7 Å². The first-order valence-corrected chi connectivity index (χ1v) is 10.5. The van der Waals surface area contributed by atoms with Crippen LogP contribution >= 0.6 is 11.6 Å². The standard InChI is InChI=1S/C17H25ClN2O4S/c1-12-9-13-10-15(11-16(18)17(13)24-12)25(21,22)20-6-3-14(4-7-20)23-8-2-5-19/h10-12,14H,2-9,19H2,1H3. The van der Waals surface area contributed by atoms with Crippen LogP contribution in [-0.2, 0) is 21.2 Å². The first kappa shape index (κ1) is 18.9. The lowest BCUT2D eigenvalue weighted by atomic mass is 10.1. The van der Waals surface area contributed by atoms with Gasteiger partial charge in [0.05, 0.1) is 16.0 Å². The molecule has 2 heterocycles. The number of rotatable bonds is 6. The van der Waals surface area contributed by atoms with Crippen LogP contribution in [0.15, 0.2) is 17.0 Å². The van der Waals surface area contributed by atoms with E-state index in [4.69, 9.17) is 26.8 Å². The van der Waals surface area contributed by atoms with Crippen molar-refractivity contribution < 1.29 is 17.9 Å². The summed E-state index contributed by atoms with van der Waals surface area (Å²) in [7, 11) is -3.55. The molecule has 6 nitrogen and oxygen atoms in total. The maximum absolute atomic E-state index is 13.0. The number of nitrogens with zero attached hydrogens (tertiary/aromatic N) is 1. The lowest BCUT2D eigenvalue weighted by Crippen LogP contribution is -2.41. The maximum Gasteiger partial charge on any atom is 0.243 e. The summed E-state index contributed by atoms with van der Waals surface area (Å²) < 4.78 is 38.8. The summed E-state index contributed by atoms with van der Waals surface area (Å²) in [6.45, 7) is 4.09. The maximum atomic E-state index is 13.0. The van der Waals surface area contributed by atoms with Crippen molar-refractivity contribution in [1.29, 1.82) is 0 Å². The zero-order valence-electron chi connectivity index (χ0n) is 14.4. The van der Waals surface area contributed by atoms with Crippen LogP contribution in [0.3, 0.4) is 0 Å². The van der Waals surface area contributed by atoms with Gasteiger partial charge in [0.1, 0.15) is 11.9 Å². The second kappa shape index (κ2) is 7.80. The molecule has 0 aromatic heterocycles. The number of benzene rings is 1. The van der Waals surface area contributed by atoms with Gasteiger partial charge in [-0.1, -0.05) is 11.6 Å². The van der Waals surface area contributed by atoms with Gasteiger partial charge in [-0.05, 0) is 44.9 Å². The van der Waals surface area contributed by atoms with Gasteiger partial charge in [-0.25, -0.2) is 8.42 Å². The molecule has 1 aromatic carbocycles. The van der Waals surface area contributed by atoms with Crippen molar-refractivity contribution in [3.8, 4) is 5.75 Å². The fourth-order valence-corrected chi connectivity index (χ4v) is 5.23. The number of hydrogen-bond acceptors (Lipinski definition) is 5. The Balaban J connectivity index is 1.69. The molecule has 2 aliphatic heterocycles. The predicted octanol–water partition coefficient (Wildman–Crippen LogP) is 2.18. The molecule has 0 bridgehead atoms. The third-order valence-electron chi connectivity index (χ3n) is 4.66. The van der Waals surface area contributed by atoms with Gasteiger partial charge in [0, 0.05) is 31.7 Å². The molecule has 0 amide bonds. The van der Waals surface area contributed by atoms with Crippen LogP contribution in [0.1, 0.15) is 31.7 Å². The van der Waals surface area contributed by atoms with Crippen molar-refractivity contribution in [2.45, 2.75) is 49.7 Å².